The third-order valence-electron chi connectivity index (χ3n) is 5.92. The fourth-order valence-electron chi connectivity index (χ4n) is 4.25. The first kappa shape index (κ1) is 23.4. The molecular weight excluding hydrogens is 495 g/mol. The summed E-state index contributed by atoms with van der Waals surface area (Å²) in [4.78, 5) is 31.1. The Labute approximate surface area is 211 Å². The molecule has 0 unspecified atom stereocenters. The molecule has 0 saturated carbocycles. The fourth-order valence-corrected chi connectivity index (χ4v) is 4.70. The maximum Gasteiger partial charge on any atom is 0.296 e. The lowest BCUT2D eigenvalue weighted by Crippen LogP contribution is -2.62. The number of benzene rings is 2. The molecule has 12 heteroatoms. The van der Waals surface area contributed by atoms with E-state index in [1.54, 1.807) is 46.2 Å². The summed E-state index contributed by atoms with van der Waals surface area (Å²) in [5, 5.41) is 13.0. The van der Waals surface area contributed by atoms with E-state index >= 15 is 0 Å². The first-order valence-corrected chi connectivity index (χ1v) is 11.7. The number of fused-ring (bicyclic) bond motifs is 1. The monoisotopic (exact) mass is 516 g/mol. The minimum Gasteiger partial charge on any atom is -0.486 e. The molecule has 0 spiro atoms. The van der Waals surface area contributed by atoms with Gasteiger partial charge in [0, 0.05) is 30.2 Å². The molecule has 1 fully saturated rings. The van der Waals surface area contributed by atoms with E-state index in [0.29, 0.717) is 65.6 Å². The summed E-state index contributed by atoms with van der Waals surface area (Å²) in [6.45, 7) is 5.54. The Morgan fingerprint density at radius 1 is 1.03 bits per heavy atom. The lowest BCUT2D eigenvalue weighted by molar-refractivity contribution is 0.0160. The van der Waals surface area contributed by atoms with E-state index in [0.717, 1.165) is 0 Å². The number of amides is 2. The molecule has 1 aromatic heterocycles. The number of aromatic nitrogens is 4. The highest BCUT2D eigenvalue weighted by Gasteiger charge is 2.40. The first-order valence-electron chi connectivity index (χ1n) is 11.0. The van der Waals surface area contributed by atoms with Crippen LogP contribution >= 0.6 is 23.2 Å². The van der Waals surface area contributed by atoms with Gasteiger partial charge in [-0.25, -0.2) is 0 Å². The second-order valence-corrected chi connectivity index (χ2v) is 9.70. The highest BCUT2D eigenvalue weighted by Crippen LogP contribution is 2.39. The van der Waals surface area contributed by atoms with Crippen LogP contribution in [0.15, 0.2) is 36.4 Å². The molecule has 0 radical (unpaired) electrons. The number of rotatable bonds is 3. The number of ether oxygens (including phenoxy) is 2. The van der Waals surface area contributed by atoms with Crippen LogP contribution in [0.2, 0.25) is 10.0 Å². The van der Waals surface area contributed by atoms with Crippen LogP contribution < -0.4 is 9.47 Å². The largest absolute Gasteiger partial charge is 0.486 e. The van der Waals surface area contributed by atoms with Crippen molar-refractivity contribution in [3.8, 4) is 17.2 Å². The van der Waals surface area contributed by atoms with Crippen molar-refractivity contribution in [1.82, 2.24) is 30.0 Å². The predicted molar refractivity (Wildman–Crippen MR) is 128 cm³/mol. The van der Waals surface area contributed by atoms with Crippen molar-refractivity contribution in [1.29, 1.82) is 0 Å². The molecule has 3 heterocycles. The van der Waals surface area contributed by atoms with Crippen molar-refractivity contribution in [2.24, 2.45) is 0 Å². The minimum atomic E-state index is -0.676. The number of hydrogen-bond acceptors (Lipinski definition) is 7. The van der Waals surface area contributed by atoms with E-state index in [-0.39, 0.29) is 17.6 Å². The van der Waals surface area contributed by atoms with Crippen LogP contribution in [0, 0.1) is 0 Å². The van der Waals surface area contributed by atoms with Crippen molar-refractivity contribution >= 4 is 35.0 Å². The number of halogens is 2. The molecular formula is C23H22Cl2N6O4. The SMILES string of the molecule is CC1(C)CN(C(=O)c2cc(Cl)c3c(c2)OCCO3)CCN1C(=O)c1nnn(-c2cccc(Cl)c2)n1. The summed E-state index contributed by atoms with van der Waals surface area (Å²) in [6, 6.07) is 10.2. The molecule has 0 bridgehead atoms. The van der Waals surface area contributed by atoms with Crippen LogP contribution in [0.3, 0.4) is 0 Å². The number of piperazine rings is 1. The number of hydrogen-bond donors (Lipinski definition) is 0. The Morgan fingerprint density at radius 3 is 2.60 bits per heavy atom. The maximum absolute atomic E-state index is 13.3. The van der Waals surface area contributed by atoms with Gasteiger partial charge in [0.05, 0.1) is 16.2 Å². The molecule has 5 rings (SSSR count). The summed E-state index contributed by atoms with van der Waals surface area (Å²) >= 11 is 12.3. The van der Waals surface area contributed by atoms with E-state index in [1.807, 2.05) is 13.8 Å². The normalized spacial score (nSPS) is 16.8. The topological polar surface area (TPSA) is 103 Å². The van der Waals surface area contributed by atoms with Gasteiger partial charge in [-0.05, 0) is 49.4 Å². The van der Waals surface area contributed by atoms with Crippen molar-refractivity contribution in [3.05, 3.63) is 57.8 Å². The molecule has 35 heavy (non-hydrogen) atoms. The molecule has 2 aromatic carbocycles. The zero-order valence-electron chi connectivity index (χ0n) is 19.1. The predicted octanol–water partition coefficient (Wildman–Crippen LogP) is 3.12. The minimum absolute atomic E-state index is 0.0311. The number of carbonyl (C=O) groups excluding carboxylic acids is 2. The molecule has 0 aliphatic carbocycles. The summed E-state index contributed by atoms with van der Waals surface area (Å²) in [7, 11) is 0. The van der Waals surface area contributed by atoms with Crippen LogP contribution in [-0.2, 0) is 0 Å². The van der Waals surface area contributed by atoms with Crippen LogP contribution in [0.4, 0.5) is 0 Å². The molecule has 3 aromatic rings. The summed E-state index contributed by atoms with van der Waals surface area (Å²) < 4.78 is 11.1. The van der Waals surface area contributed by atoms with Crippen LogP contribution in [0.25, 0.3) is 5.69 Å². The number of carbonyl (C=O) groups is 2. The van der Waals surface area contributed by atoms with Crippen molar-refractivity contribution in [3.63, 3.8) is 0 Å². The Kier molecular flexibility index (Phi) is 6.02. The standard InChI is InChI=1S/C23H22Cl2N6O4/c1-23(2)13-29(21(32)14-10-17(25)19-18(11-14)34-8-9-35-19)6-7-30(23)22(33)20-26-28-31(27-20)16-5-3-4-15(24)12-16/h3-5,10-12H,6-9,13H2,1-2H3. The van der Waals surface area contributed by atoms with Gasteiger partial charge in [0.1, 0.15) is 13.2 Å². The Bertz CT molecular complexity index is 1310. The van der Waals surface area contributed by atoms with Gasteiger partial charge >= 0.3 is 0 Å². The quantitative estimate of drug-likeness (QED) is 0.526. The van der Waals surface area contributed by atoms with E-state index in [4.69, 9.17) is 32.7 Å². The maximum atomic E-state index is 13.3. The van der Waals surface area contributed by atoms with E-state index in [9.17, 15) is 9.59 Å². The molecule has 2 aliphatic heterocycles. The van der Waals surface area contributed by atoms with E-state index in [2.05, 4.69) is 15.4 Å². The molecule has 2 amide bonds. The van der Waals surface area contributed by atoms with Crippen molar-refractivity contribution in [2.45, 2.75) is 19.4 Å². The van der Waals surface area contributed by atoms with Crippen molar-refractivity contribution in [2.75, 3.05) is 32.8 Å². The van der Waals surface area contributed by atoms with Gasteiger partial charge in [-0.2, -0.15) is 0 Å². The third kappa shape index (κ3) is 4.51. The fraction of sp³-hybridized carbons (Fsp3) is 0.348. The van der Waals surface area contributed by atoms with Gasteiger partial charge in [-0.15, -0.1) is 15.0 Å². The average Bonchev–Trinajstić information content (AvgIpc) is 3.33. The Balaban J connectivity index is 1.31. The molecule has 1 saturated heterocycles. The van der Waals surface area contributed by atoms with Crippen LogP contribution in [-0.4, -0.2) is 80.2 Å². The van der Waals surface area contributed by atoms with Gasteiger partial charge in [-0.3, -0.25) is 9.59 Å². The second kappa shape index (κ2) is 9.01. The summed E-state index contributed by atoms with van der Waals surface area (Å²) in [5.74, 6) is 0.306. The van der Waals surface area contributed by atoms with Crippen molar-refractivity contribution < 1.29 is 19.1 Å². The van der Waals surface area contributed by atoms with Crippen LogP contribution in [0.5, 0.6) is 11.5 Å². The Morgan fingerprint density at radius 2 is 1.83 bits per heavy atom. The molecule has 2 aliphatic rings. The summed E-state index contributed by atoms with van der Waals surface area (Å²) in [5.41, 5.74) is 0.321. The van der Waals surface area contributed by atoms with Gasteiger partial charge in [0.25, 0.3) is 17.6 Å². The summed E-state index contributed by atoms with van der Waals surface area (Å²) in [6.07, 6.45) is 0. The van der Waals surface area contributed by atoms with Gasteiger partial charge in [0.2, 0.25) is 0 Å². The van der Waals surface area contributed by atoms with Gasteiger partial charge < -0.3 is 19.3 Å². The Hall–Kier alpha value is -3.37. The molecule has 182 valence electrons. The molecule has 0 atom stereocenters. The molecule has 10 nitrogen and oxygen atoms in total. The van der Waals surface area contributed by atoms with Gasteiger partial charge in [0.15, 0.2) is 11.5 Å². The van der Waals surface area contributed by atoms with Crippen LogP contribution in [0.1, 0.15) is 34.8 Å². The second-order valence-electron chi connectivity index (χ2n) is 8.86. The zero-order chi connectivity index (χ0) is 24.7. The average molecular weight is 517 g/mol. The van der Waals surface area contributed by atoms with E-state index in [1.165, 1.54) is 4.80 Å². The lowest BCUT2D eigenvalue weighted by atomic mass is 9.97. The number of tetrazole rings is 1. The van der Waals surface area contributed by atoms with Gasteiger partial charge in [-0.1, -0.05) is 29.3 Å². The highest BCUT2D eigenvalue weighted by molar-refractivity contribution is 6.32. The third-order valence-corrected chi connectivity index (χ3v) is 6.44. The zero-order valence-corrected chi connectivity index (χ0v) is 20.6. The highest BCUT2D eigenvalue weighted by atomic mass is 35.5. The van der Waals surface area contributed by atoms with E-state index < -0.39 is 5.54 Å². The first-order chi connectivity index (χ1) is 16.7. The molecule has 0 N–H and O–H groups in total. The number of nitrogens with zero attached hydrogens (tertiary/aromatic N) is 6. The lowest BCUT2D eigenvalue weighted by Gasteiger charge is -2.46. The smallest absolute Gasteiger partial charge is 0.296 e.